The molecule has 0 spiro atoms. The van der Waals surface area contributed by atoms with E-state index in [1.165, 1.54) is 7.11 Å². The quantitative estimate of drug-likeness (QED) is 0.230. The van der Waals surface area contributed by atoms with Crippen molar-refractivity contribution in [3.63, 3.8) is 0 Å². The van der Waals surface area contributed by atoms with Gasteiger partial charge in [0.1, 0.15) is 11.5 Å². The number of carbonyl (C=O) groups excluding carboxylic acids is 2. The smallest absolute Gasteiger partial charge is 0.413 e. The summed E-state index contributed by atoms with van der Waals surface area (Å²) >= 11 is 1.61. The number of fused-ring (bicyclic) bond motifs is 1. The molecule has 0 fully saturated rings. The number of hydrogen-bond donors (Lipinski definition) is 4. The molecule has 1 heterocycles. The normalized spacial score (nSPS) is 10.2. The van der Waals surface area contributed by atoms with Crippen molar-refractivity contribution >= 4 is 64.6 Å². The van der Waals surface area contributed by atoms with Crippen LogP contribution in [0, 0.1) is 0 Å². The first-order chi connectivity index (χ1) is 16.0. The van der Waals surface area contributed by atoms with Crippen molar-refractivity contribution in [2.24, 2.45) is 0 Å². The van der Waals surface area contributed by atoms with E-state index in [0.717, 1.165) is 10.6 Å². The van der Waals surface area contributed by atoms with E-state index < -0.39 is 6.09 Å². The second-order valence-electron chi connectivity index (χ2n) is 6.82. The number of imidazole rings is 1. The number of benzene rings is 3. The Morgan fingerprint density at radius 3 is 2.38 bits per heavy atom. The van der Waals surface area contributed by atoms with Crippen LogP contribution in [0.3, 0.4) is 0 Å². The fraction of sp³-hybridized carbons (Fsp3) is 0.0870. The van der Waals surface area contributed by atoms with Crippen molar-refractivity contribution in [3.05, 3.63) is 66.7 Å². The minimum absolute atomic E-state index is 0. The molecule has 1 aromatic heterocycles. The number of methoxy groups -OCH3 is 1. The predicted octanol–water partition coefficient (Wildman–Crippen LogP) is 6.32. The lowest BCUT2D eigenvalue weighted by Crippen LogP contribution is -2.19. The van der Waals surface area contributed by atoms with Gasteiger partial charge in [-0.1, -0.05) is 6.07 Å². The van der Waals surface area contributed by atoms with E-state index in [1.807, 2.05) is 30.5 Å². The van der Waals surface area contributed by atoms with Crippen LogP contribution in [-0.4, -0.2) is 35.5 Å². The number of nitrogens with zero attached hydrogens (tertiary/aromatic N) is 1. The molecule has 0 aliphatic carbocycles. The lowest BCUT2D eigenvalue weighted by Gasteiger charge is -2.10. The molecule has 0 bridgehead atoms. The Balaban J connectivity index is 0.00000324. The summed E-state index contributed by atoms with van der Waals surface area (Å²) in [6.07, 6.45) is 1.37. The van der Waals surface area contributed by atoms with Crippen LogP contribution in [0.5, 0.6) is 11.5 Å². The van der Waals surface area contributed by atoms with Crippen LogP contribution in [0.25, 0.3) is 11.0 Å². The highest BCUT2D eigenvalue weighted by Crippen LogP contribution is 2.27. The second kappa shape index (κ2) is 11.3. The average Bonchev–Trinajstić information content (AvgIpc) is 3.21. The number of halogens is 1. The van der Waals surface area contributed by atoms with Gasteiger partial charge in [0.15, 0.2) is 0 Å². The van der Waals surface area contributed by atoms with Crippen LogP contribution < -0.4 is 20.7 Å². The summed E-state index contributed by atoms with van der Waals surface area (Å²) in [7, 11) is 1.28. The zero-order valence-electron chi connectivity index (χ0n) is 18.2. The Bertz CT molecular complexity index is 1300. The van der Waals surface area contributed by atoms with Gasteiger partial charge < -0.3 is 25.1 Å². The highest BCUT2D eigenvalue weighted by molar-refractivity contribution is 7.98. The Labute approximate surface area is 206 Å². The van der Waals surface area contributed by atoms with E-state index in [2.05, 4.69) is 30.7 Å². The van der Waals surface area contributed by atoms with Gasteiger partial charge in [0.05, 0.1) is 18.1 Å². The molecule has 0 aliphatic rings. The van der Waals surface area contributed by atoms with Gasteiger partial charge in [0.2, 0.25) is 5.95 Å². The molecular weight excluding hydrogens is 478 g/mol. The number of amides is 3. The monoisotopic (exact) mass is 499 g/mol. The van der Waals surface area contributed by atoms with E-state index in [1.54, 1.807) is 54.2 Å². The fourth-order valence-electron chi connectivity index (χ4n) is 3.00. The number of H-pyrrole nitrogens is 1. The lowest BCUT2D eigenvalue weighted by atomic mass is 10.3. The van der Waals surface area contributed by atoms with Gasteiger partial charge in [-0.2, -0.15) is 0 Å². The summed E-state index contributed by atoms with van der Waals surface area (Å²) in [6.45, 7) is 0. The van der Waals surface area contributed by atoms with Gasteiger partial charge in [-0.05, 0) is 60.9 Å². The molecule has 0 radical (unpaired) electrons. The van der Waals surface area contributed by atoms with E-state index >= 15 is 0 Å². The Hall–Kier alpha value is -3.89. The van der Waals surface area contributed by atoms with Crippen LogP contribution in [0.15, 0.2) is 71.6 Å². The third kappa shape index (κ3) is 6.33. The number of carbonyl (C=O) groups is 2. The van der Waals surface area contributed by atoms with Crippen molar-refractivity contribution < 1.29 is 19.1 Å². The molecule has 4 N–H and O–H groups in total. The number of hydrogen-bond acceptors (Lipinski definition) is 6. The zero-order valence-corrected chi connectivity index (χ0v) is 19.9. The van der Waals surface area contributed by atoms with Gasteiger partial charge in [-0.15, -0.1) is 24.2 Å². The maximum absolute atomic E-state index is 12.3. The van der Waals surface area contributed by atoms with Gasteiger partial charge in [0, 0.05) is 22.3 Å². The molecule has 3 aromatic carbocycles. The highest BCUT2D eigenvalue weighted by atomic mass is 35.5. The van der Waals surface area contributed by atoms with Gasteiger partial charge in [0.25, 0.3) is 0 Å². The third-order valence-electron chi connectivity index (χ3n) is 4.53. The van der Waals surface area contributed by atoms with Crippen molar-refractivity contribution in [3.8, 4) is 11.5 Å². The number of aromatic nitrogens is 2. The lowest BCUT2D eigenvalue weighted by molar-refractivity contribution is 0.186. The predicted molar refractivity (Wildman–Crippen MR) is 137 cm³/mol. The first kappa shape index (κ1) is 24.7. The number of nitrogens with one attached hydrogen (secondary N) is 4. The molecular formula is C23H22ClN5O4S. The van der Waals surface area contributed by atoms with Crippen molar-refractivity contribution in [1.82, 2.24) is 9.97 Å². The summed E-state index contributed by atoms with van der Waals surface area (Å²) < 4.78 is 10.4. The molecule has 4 aromatic rings. The first-order valence-electron chi connectivity index (χ1n) is 9.87. The topological polar surface area (TPSA) is 117 Å². The minimum Gasteiger partial charge on any atom is -0.457 e. The van der Waals surface area contributed by atoms with E-state index in [4.69, 9.17) is 4.74 Å². The number of anilines is 3. The molecule has 0 saturated carbocycles. The Kier molecular flexibility index (Phi) is 8.23. The van der Waals surface area contributed by atoms with Gasteiger partial charge in [-0.25, -0.2) is 14.6 Å². The largest absolute Gasteiger partial charge is 0.457 e. The molecule has 4 rings (SSSR count). The first-order valence-corrected chi connectivity index (χ1v) is 11.1. The van der Waals surface area contributed by atoms with Crippen molar-refractivity contribution in [1.29, 1.82) is 0 Å². The minimum atomic E-state index is -0.610. The molecule has 11 heteroatoms. The standard InChI is InChI=1S/C23H21N5O4S.ClH/c1-31-23(30)28-21-26-19-11-10-17(13-20(19)27-21)32-16-8-6-14(7-9-16)24-22(29)25-15-4-3-5-18(12-15)33-2;/h3-13H,1-2H3,(H2,24,25,29)(H2,26,27,28,30);1H. The summed E-state index contributed by atoms with van der Waals surface area (Å²) in [5, 5.41) is 8.10. The third-order valence-corrected chi connectivity index (χ3v) is 5.26. The maximum atomic E-state index is 12.3. The Morgan fingerprint density at radius 1 is 0.912 bits per heavy atom. The van der Waals surface area contributed by atoms with Crippen molar-refractivity contribution in [2.45, 2.75) is 4.90 Å². The summed E-state index contributed by atoms with van der Waals surface area (Å²) in [5.74, 6) is 1.46. The molecule has 176 valence electrons. The van der Waals surface area contributed by atoms with Crippen LogP contribution in [0.1, 0.15) is 0 Å². The molecule has 0 saturated heterocycles. The van der Waals surface area contributed by atoms with E-state index in [9.17, 15) is 9.59 Å². The summed E-state index contributed by atoms with van der Waals surface area (Å²) in [5.41, 5.74) is 2.71. The van der Waals surface area contributed by atoms with Crippen LogP contribution in [0.4, 0.5) is 26.9 Å². The zero-order chi connectivity index (χ0) is 23.2. The molecule has 0 unspecified atom stereocenters. The number of ether oxygens (including phenoxy) is 2. The molecule has 34 heavy (non-hydrogen) atoms. The van der Waals surface area contributed by atoms with Crippen molar-refractivity contribution in [2.75, 3.05) is 29.3 Å². The molecule has 0 atom stereocenters. The maximum Gasteiger partial charge on any atom is 0.413 e. The number of rotatable bonds is 6. The van der Waals surface area contributed by atoms with Crippen LogP contribution >= 0.6 is 24.2 Å². The fourth-order valence-corrected chi connectivity index (χ4v) is 3.46. The SMILES string of the molecule is COC(=O)Nc1nc2ccc(Oc3ccc(NC(=O)Nc4cccc(SC)c4)cc3)cc2[nH]1.Cl. The summed E-state index contributed by atoms with van der Waals surface area (Å²) in [6, 6.07) is 19.6. The average molecular weight is 500 g/mol. The van der Waals surface area contributed by atoms with Gasteiger partial charge >= 0.3 is 12.1 Å². The summed E-state index contributed by atoms with van der Waals surface area (Å²) in [4.78, 5) is 31.9. The highest BCUT2D eigenvalue weighted by Gasteiger charge is 2.09. The van der Waals surface area contributed by atoms with E-state index in [0.29, 0.717) is 28.2 Å². The molecule has 3 amide bonds. The molecule has 0 aliphatic heterocycles. The van der Waals surface area contributed by atoms with Crippen LogP contribution in [-0.2, 0) is 4.74 Å². The number of aromatic amines is 1. The van der Waals surface area contributed by atoms with Crippen LogP contribution in [0.2, 0.25) is 0 Å². The molecule has 9 nitrogen and oxygen atoms in total. The second-order valence-corrected chi connectivity index (χ2v) is 7.70. The number of urea groups is 1. The van der Waals surface area contributed by atoms with Gasteiger partial charge in [-0.3, -0.25) is 5.32 Å². The van der Waals surface area contributed by atoms with E-state index in [-0.39, 0.29) is 24.4 Å². The number of thioether (sulfide) groups is 1. The Morgan fingerprint density at radius 2 is 1.65 bits per heavy atom.